The highest BCUT2D eigenvalue weighted by Gasteiger charge is 2.75. The Labute approximate surface area is 184 Å². The fourth-order valence-corrected chi connectivity index (χ4v) is 9.64. The molecule has 2 unspecified atom stereocenters. The molecule has 0 aromatic carbocycles. The van der Waals surface area contributed by atoms with E-state index in [4.69, 9.17) is 4.74 Å². The normalized spacial score (nSPS) is 51.8. The van der Waals surface area contributed by atoms with E-state index in [9.17, 15) is 5.21 Å². The largest absolute Gasteiger partial charge is 0.411 e. The van der Waals surface area contributed by atoms with Crippen LogP contribution in [0, 0.1) is 46.3 Å². The third kappa shape index (κ3) is 2.82. The van der Waals surface area contributed by atoms with Gasteiger partial charge in [0.1, 0.15) is 11.7 Å². The first kappa shape index (κ1) is 21.3. The lowest BCUT2D eigenvalue weighted by atomic mass is 9.44. The molecule has 0 aromatic rings. The van der Waals surface area contributed by atoms with Crippen LogP contribution in [0.15, 0.2) is 5.16 Å². The van der Waals surface area contributed by atoms with Gasteiger partial charge in [-0.2, -0.15) is 0 Å². The summed E-state index contributed by atoms with van der Waals surface area (Å²) >= 11 is 0. The van der Waals surface area contributed by atoms with Crippen molar-refractivity contribution in [1.29, 1.82) is 0 Å². The van der Waals surface area contributed by atoms with Gasteiger partial charge in [0, 0.05) is 5.41 Å². The molecule has 5 rings (SSSR count). The number of hydrogen-bond donors (Lipinski definition) is 1. The van der Waals surface area contributed by atoms with Gasteiger partial charge in [-0.05, 0) is 92.3 Å². The average molecular weight is 416 g/mol. The minimum atomic E-state index is 0.00383. The molecular formula is C27H45NO2. The molecule has 1 spiro atoms. The zero-order valence-corrected chi connectivity index (χ0v) is 20.1. The number of rotatable bonds is 5. The van der Waals surface area contributed by atoms with Crippen molar-refractivity contribution >= 4 is 5.71 Å². The van der Waals surface area contributed by atoms with E-state index >= 15 is 0 Å². The van der Waals surface area contributed by atoms with E-state index in [-0.39, 0.29) is 17.1 Å². The molecule has 3 heteroatoms. The summed E-state index contributed by atoms with van der Waals surface area (Å²) in [7, 11) is 0. The van der Waals surface area contributed by atoms with Gasteiger partial charge in [-0.1, -0.05) is 59.0 Å². The van der Waals surface area contributed by atoms with E-state index in [0.717, 1.165) is 54.1 Å². The minimum absolute atomic E-state index is 0.00383. The molecule has 1 heterocycles. The van der Waals surface area contributed by atoms with Crippen molar-refractivity contribution in [3.8, 4) is 0 Å². The molecule has 30 heavy (non-hydrogen) atoms. The van der Waals surface area contributed by atoms with Crippen LogP contribution in [0.1, 0.15) is 105 Å². The Morgan fingerprint density at radius 1 is 1.00 bits per heavy atom. The van der Waals surface area contributed by atoms with E-state index in [2.05, 4.69) is 39.8 Å². The van der Waals surface area contributed by atoms with Gasteiger partial charge in [0.2, 0.25) is 0 Å². The lowest BCUT2D eigenvalue weighted by molar-refractivity contribution is -0.113. The quantitative estimate of drug-likeness (QED) is 0.296. The molecule has 9 atom stereocenters. The number of ether oxygens (including phenoxy) is 1. The van der Waals surface area contributed by atoms with E-state index in [0.29, 0.717) is 5.41 Å². The summed E-state index contributed by atoms with van der Waals surface area (Å²) in [5, 5.41) is 13.0. The van der Waals surface area contributed by atoms with E-state index in [1.807, 2.05) is 0 Å². The second kappa shape index (κ2) is 7.22. The van der Waals surface area contributed by atoms with Gasteiger partial charge >= 0.3 is 0 Å². The second-order valence-electron chi connectivity index (χ2n) is 12.8. The lowest BCUT2D eigenvalue weighted by Crippen LogP contribution is -2.58. The highest BCUT2D eigenvalue weighted by molar-refractivity contribution is 5.93. The van der Waals surface area contributed by atoms with Gasteiger partial charge in [-0.15, -0.1) is 0 Å². The van der Waals surface area contributed by atoms with Gasteiger partial charge in [0.05, 0.1) is 5.71 Å². The van der Waals surface area contributed by atoms with Crippen molar-refractivity contribution in [2.75, 3.05) is 0 Å². The molecule has 5 fully saturated rings. The second-order valence-corrected chi connectivity index (χ2v) is 12.8. The minimum Gasteiger partial charge on any atom is -0.411 e. The molecule has 0 aromatic heterocycles. The SMILES string of the molecule is CC(C)CCC[C@@H](C)[C@H]1CC[C@H]2[C@@H]3CCC45OC4/C(=N\O)CC[C@]5(C)[C@H]3CC[C@]12C. The van der Waals surface area contributed by atoms with E-state index < -0.39 is 0 Å². The fourth-order valence-electron chi connectivity index (χ4n) is 9.64. The predicted octanol–water partition coefficient (Wildman–Crippen LogP) is 7.07. The first-order valence-electron chi connectivity index (χ1n) is 13.2. The first-order chi connectivity index (χ1) is 14.3. The summed E-state index contributed by atoms with van der Waals surface area (Å²) in [6.07, 6.45) is 14.7. The van der Waals surface area contributed by atoms with E-state index in [1.54, 1.807) is 0 Å². The maximum atomic E-state index is 9.43. The number of hydrogen-bond acceptors (Lipinski definition) is 3. The van der Waals surface area contributed by atoms with Gasteiger partial charge < -0.3 is 9.94 Å². The molecule has 0 amide bonds. The zero-order valence-electron chi connectivity index (χ0n) is 20.1. The van der Waals surface area contributed by atoms with Crippen molar-refractivity contribution in [3.63, 3.8) is 0 Å². The zero-order chi connectivity index (χ0) is 21.3. The summed E-state index contributed by atoms with van der Waals surface area (Å²) in [5.41, 5.74) is 1.78. The third-order valence-corrected chi connectivity index (χ3v) is 11.3. The molecule has 4 saturated carbocycles. The molecule has 1 N–H and O–H groups in total. The van der Waals surface area contributed by atoms with Crippen LogP contribution in [-0.2, 0) is 4.74 Å². The predicted molar refractivity (Wildman–Crippen MR) is 122 cm³/mol. The molecular weight excluding hydrogens is 370 g/mol. The molecule has 170 valence electrons. The molecule has 5 aliphatic rings. The number of nitrogens with zero attached hydrogens (tertiary/aromatic N) is 1. The van der Waals surface area contributed by atoms with Crippen LogP contribution in [-0.4, -0.2) is 22.6 Å². The van der Waals surface area contributed by atoms with Crippen LogP contribution in [0.2, 0.25) is 0 Å². The molecule has 3 nitrogen and oxygen atoms in total. The molecule has 1 aliphatic heterocycles. The van der Waals surface area contributed by atoms with Gasteiger partial charge in [0.25, 0.3) is 0 Å². The van der Waals surface area contributed by atoms with Crippen molar-refractivity contribution < 1.29 is 9.94 Å². The van der Waals surface area contributed by atoms with Crippen LogP contribution in [0.5, 0.6) is 0 Å². The molecule has 0 bridgehead atoms. The lowest BCUT2D eigenvalue weighted by Gasteiger charge is -2.60. The Hall–Kier alpha value is -0.570. The van der Waals surface area contributed by atoms with E-state index in [1.165, 1.54) is 57.8 Å². The van der Waals surface area contributed by atoms with Crippen molar-refractivity contribution in [2.45, 2.75) is 117 Å². The third-order valence-electron chi connectivity index (χ3n) is 11.3. The van der Waals surface area contributed by atoms with Gasteiger partial charge in [0.15, 0.2) is 0 Å². The Kier molecular flexibility index (Phi) is 5.12. The molecule has 0 radical (unpaired) electrons. The monoisotopic (exact) mass is 415 g/mol. The summed E-state index contributed by atoms with van der Waals surface area (Å²) in [4.78, 5) is 0. The standard InChI is InChI=1S/C27H45NO2/c1-17(2)7-6-8-18(3)20-9-10-21-19-11-16-27-24(30-27)23(28-29)13-15-26(27,5)22(19)12-14-25(20,21)4/h17-22,24,29H,6-16H2,1-5H3/b28-23-/t18-,19+,20-,21+,22+,24?,25-,26-,27?/m1/s1. The Balaban J connectivity index is 1.32. The highest BCUT2D eigenvalue weighted by Crippen LogP contribution is 2.73. The topological polar surface area (TPSA) is 45.1 Å². The Morgan fingerprint density at radius 3 is 2.53 bits per heavy atom. The van der Waals surface area contributed by atoms with Crippen LogP contribution in [0.4, 0.5) is 0 Å². The molecule has 1 saturated heterocycles. The van der Waals surface area contributed by atoms with Crippen molar-refractivity contribution in [2.24, 2.45) is 51.5 Å². The maximum Gasteiger partial charge on any atom is 0.129 e. The van der Waals surface area contributed by atoms with Gasteiger partial charge in [-0.3, -0.25) is 0 Å². The smallest absolute Gasteiger partial charge is 0.129 e. The summed E-state index contributed by atoms with van der Waals surface area (Å²) in [5.74, 6) is 5.29. The Bertz CT molecular complexity index is 703. The number of fused-ring (bicyclic) bond motifs is 4. The highest BCUT2D eigenvalue weighted by atomic mass is 16.6. The van der Waals surface area contributed by atoms with Crippen LogP contribution < -0.4 is 0 Å². The van der Waals surface area contributed by atoms with Gasteiger partial charge in [-0.25, -0.2) is 0 Å². The number of oxime groups is 1. The fraction of sp³-hybridized carbons (Fsp3) is 0.963. The average Bonchev–Trinajstić information content (AvgIpc) is 3.34. The summed E-state index contributed by atoms with van der Waals surface area (Å²) < 4.78 is 6.39. The summed E-state index contributed by atoms with van der Waals surface area (Å²) in [6.45, 7) is 12.5. The first-order valence-corrected chi connectivity index (χ1v) is 13.2. The maximum absolute atomic E-state index is 9.43. The number of epoxide rings is 1. The van der Waals surface area contributed by atoms with Crippen molar-refractivity contribution in [1.82, 2.24) is 0 Å². The molecule has 4 aliphatic carbocycles. The van der Waals surface area contributed by atoms with Crippen LogP contribution >= 0.6 is 0 Å². The Morgan fingerprint density at radius 2 is 1.80 bits per heavy atom. The van der Waals surface area contributed by atoms with Crippen LogP contribution in [0.25, 0.3) is 0 Å². The van der Waals surface area contributed by atoms with Crippen LogP contribution in [0.3, 0.4) is 0 Å². The van der Waals surface area contributed by atoms with Crippen molar-refractivity contribution in [3.05, 3.63) is 0 Å². The summed E-state index contributed by atoms with van der Waals surface area (Å²) in [6, 6.07) is 0.